The van der Waals surface area contributed by atoms with Crippen molar-refractivity contribution < 1.29 is 24.2 Å². The van der Waals surface area contributed by atoms with E-state index in [1.807, 2.05) is 42.5 Å². The lowest BCUT2D eigenvalue weighted by Gasteiger charge is -2.15. The monoisotopic (exact) mass is 416 g/mol. The Morgan fingerprint density at radius 1 is 1.31 bits per heavy atom. The van der Waals surface area contributed by atoms with Gasteiger partial charge in [0.15, 0.2) is 0 Å². The van der Waals surface area contributed by atoms with Crippen LogP contribution in [0.4, 0.5) is 4.39 Å². The Balaban J connectivity index is 1.61. The smallest absolute Gasteiger partial charge is 0.303 e. The molecule has 3 rings (SSSR count). The average molecular weight is 417 g/mol. The van der Waals surface area contributed by atoms with E-state index in [1.54, 1.807) is 12.2 Å². The molecule has 1 aromatic heterocycles. The Labute approximate surface area is 173 Å². The van der Waals surface area contributed by atoms with Crippen molar-refractivity contribution in [3.05, 3.63) is 59.5 Å². The normalized spacial score (nSPS) is 23.5. The van der Waals surface area contributed by atoms with E-state index in [4.69, 9.17) is 5.11 Å². The van der Waals surface area contributed by atoms with E-state index in [9.17, 15) is 19.1 Å². The predicted molar refractivity (Wildman–Crippen MR) is 113 cm³/mol. The van der Waals surface area contributed by atoms with E-state index in [0.29, 0.717) is 19.3 Å². The number of rotatable bonds is 9. The van der Waals surface area contributed by atoms with Crippen LogP contribution in [-0.2, 0) is 9.59 Å². The van der Waals surface area contributed by atoms with Crippen molar-refractivity contribution in [1.82, 2.24) is 0 Å². The van der Waals surface area contributed by atoms with Crippen LogP contribution in [0.5, 0.6) is 0 Å². The van der Waals surface area contributed by atoms with Crippen LogP contribution in [-0.4, -0.2) is 28.1 Å². The third-order valence-electron chi connectivity index (χ3n) is 5.27. The first-order valence-electron chi connectivity index (χ1n) is 9.84. The van der Waals surface area contributed by atoms with Gasteiger partial charge in [-0.05, 0) is 36.8 Å². The summed E-state index contributed by atoms with van der Waals surface area (Å²) < 4.78 is 15.4. The number of halogens is 1. The molecule has 1 fully saturated rings. The summed E-state index contributed by atoms with van der Waals surface area (Å²) in [4.78, 5) is 23.5. The highest BCUT2D eigenvalue weighted by Crippen LogP contribution is 2.37. The molecule has 4 nitrogen and oxygen atoms in total. The van der Waals surface area contributed by atoms with Crippen molar-refractivity contribution in [2.45, 2.75) is 44.4 Å². The zero-order valence-corrected chi connectivity index (χ0v) is 16.9. The number of thiophene rings is 1. The average Bonchev–Trinajstić information content (AvgIpc) is 3.23. The van der Waals surface area contributed by atoms with E-state index >= 15 is 0 Å². The van der Waals surface area contributed by atoms with Crippen molar-refractivity contribution in [3.63, 3.8) is 0 Å². The molecule has 0 aliphatic heterocycles. The van der Waals surface area contributed by atoms with Crippen molar-refractivity contribution >= 4 is 33.2 Å². The fraction of sp³-hybridized carbons (Fsp3) is 0.391. The molecule has 2 N–H and O–H groups in total. The first-order valence-corrected chi connectivity index (χ1v) is 10.7. The summed E-state index contributed by atoms with van der Waals surface area (Å²) in [5, 5.41) is 20.2. The number of unbranched alkanes of at least 4 members (excludes halogenated alkanes) is 1. The Hall–Kier alpha value is -2.31. The summed E-state index contributed by atoms with van der Waals surface area (Å²) in [5.41, 5.74) is 0. The first-order chi connectivity index (χ1) is 14.0. The number of carboxylic acid groups (broad SMARTS) is 1. The Morgan fingerprint density at radius 2 is 2.10 bits per heavy atom. The number of hydrogen-bond acceptors (Lipinski definition) is 4. The van der Waals surface area contributed by atoms with Gasteiger partial charge in [0.05, 0.1) is 0 Å². The maximum atomic E-state index is 14.3. The van der Waals surface area contributed by atoms with Crippen LogP contribution < -0.4 is 0 Å². The van der Waals surface area contributed by atoms with Crippen LogP contribution in [0, 0.1) is 11.8 Å². The van der Waals surface area contributed by atoms with Gasteiger partial charge in [-0.3, -0.25) is 9.59 Å². The zero-order valence-electron chi connectivity index (χ0n) is 16.0. The van der Waals surface area contributed by atoms with Crippen molar-refractivity contribution in [3.8, 4) is 0 Å². The Kier molecular flexibility index (Phi) is 7.34. The number of hydrogen-bond donors (Lipinski definition) is 2. The van der Waals surface area contributed by atoms with Gasteiger partial charge < -0.3 is 10.2 Å². The number of carbonyl (C=O) groups excluding carboxylic acids is 1. The van der Waals surface area contributed by atoms with Crippen LogP contribution in [0.1, 0.15) is 43.1 Å². The Bertz CT molecular complexity index is 883. The van der Waals surface area contributed by atoms with E-state index in [2.05, 4.69) is 0 Å². The predicted octanol–water partition coefficient (Wildman–Crippen LogP) is 5.24. The number of alkyl halides is 1. The quantitative estimate of drug-likeness (QED) is 0.433. The summed E-state index contributed by atoms with van der Waals surface area (Å²) >= 11 is 1.50. The molecule has 1 aliphatic carbocycles. The molecule has 0 amide bonds. The number of aliphatic carboxylic acids is 1. The second kappa shape index (κ2) is 9.94. The molecule has 1 aliphatic rings. The number of benzene rings is 1. The molecule has 4 atom stereocenters. The molecule has 1 heterocycles. The van der Waals surface area contributed by atoms with Gasteiger partial charge in [0.1, 0.15) is 18.1 Å². The van der Waals surface area contributed by atoms with Crippen LogP contribution in [0.3, 0.4) is 0 Å². The molecule has 154 valence electrons. The standard InChI is InChI=1S/C23H25FO4S/c24-18-14-20(26)17(16(18)8-3-1-2-4-10-23(27)28)11-12-19(25)22-13-15-7-5-6-9-21(15)29-22/h1,3,5-7,9,11-13,16-19,25H,2,4,8,10,14H2,(H,27,28)/b3-1-,12-11+/t16-,17-,18+,19-/m1/s1. The SMILES string of the molecule is O=C(O)CCC/C=C\C[C@H]1[C@@H](F)CC(=O)[C@@H]1/C=C/[C@@H](O)c1cc2ccccc2s1. The van der Waals surface area contributed by atoms with Crippen molar-refractivity contribution in [1.29, 1.82) is 0 Å². The fourth-order valence-corrected chi connectivity index (χ4v) is 4.73. The summed E-state index contributed by atoms with van der Waals surface area (Å²) in [6.45, 7) is 0. The van der Waals surface area contributed by atoms with Gasteiger partial charge in [-0.2, -0.15) is 0 Å². The molecule has 29 heavy (non-hydrogen) atoms. The molecular formula is C23H25FO4S. The lowest BCUT2D eigenvalue weighted by Crippen LogP contribution is -2.16. The highest BCUT2D eigenvalue weighted by atomic mass is 32.1. The number of fused-ring (bicyclic) bond motifs is 1. The largest absolute Gasteiger partial charge is 0.481 e. The summed E-state index contributed by atoms with van der Waals surface area (Å²) in [5.74, 6) is -1.95. The molecule has 0 saturated heterocycles. The minimum atomic E-state index is -1.19. The zero-order chi connectivity index (χ0) is 20.8. The number of Topliss-reactive ketones (excluding diaryl/α,β-unsaturated/α-hetero) is 1. The minimum Gasteiger partial charge on any atom is -0.481 e. The Morgan fingerprint density at radius 3 is 2.86 bits per heavy atom. The molecule has 6 heteroatoms. The van der Waals surface area contributed by atoms with Crippen LogP contribution in [0.2, 0.25) is 0 Å². The second-order valence-corrected chi connectivity index (χ2v) is 8.50. The molecule has 0 spiro atoms. The van der Waals surface area contributed by atoms with Gasteiger partial charge in [0.25, 0.3) is 0 Å². The third kappa shape index (κ3) is 5.61. The van der Waals surface area contributed by atoms with Crippen LogP contribution in [0.15, 0.2) is 54.6 Å². The molecule has 2 aromatic rings. The number of aliphatic hydroxyl groups excluding tert-OH is 1. The van der Waals surface area contributed by atoms with Crippen molar-refractivity contribution in [2.75, 3.05) is 0 Å². The molecule has 0 bridgehead atoms. The third-order valence-corrected chi connectivity index (χ3v) is 6.45. The number of allylic oxidation sites excluding steroid dienone is 3. The summed E-state index contributed by atoms with van der Waals surface area (Å²) in [6.07, 6.45) is 6.52. The number of carboxylic acids is 1. The summed E-state index contributed by atoms with van der Waals surface area (Å²) in [7, 11) is 0. The first kappa shape index (κ1) is 21.4. The highest BCUT2D eigenvalue weighted by molar-refractivity contribution is 7.19. The van der Waals surface area contributed by atoms with Gasteiger partial charge in [-0.15, -0.1) is 11.3 Å². The van der Waals surface area contributed by atoms with E-state index in [-0.39, 0.29) is 18.6 Å². The van der Waals surface area contributed by atoms with E-state index in [1.165, 1.54) is 11.3 Å². The fourth-order valence-electron chi connectivity index (χ4n) is 3.70. The van der Waals surface area contributed by atoms with Crippen LogP contribution >= 0.6 is 11.3 Å². The second-order valence-electron chi connectivity index (χ2n) is 7.39. The van der Waals surface area contributed by atoms with E-state index < -0.39 is 30.1 Å². The molecule has 0 unspecified atom stereocenters. The van der Waals surface area contributed by atoms with Gasteiger partial charge in [0, 0.05) is 34.3 Å². The highest BCUT2D eigenvalue weighted by Gasteiger charge is 2.40. The maximum Gasteiger partial charge on any atom is 0.303 e. The van der Waals surface area contributed by atoms with E-state index in [0.717, 1.165) is 15.0 Å². The maximum absolute atomic E-state index is 14.3. The van der Waals surface area contributed by atoms with Gasteiger partial charge in [-0.1, -0.05) is 42.5 Å². The molecule has 0 radical (unpaired) electrons. The van der Waals surface area contributed by atoms with Crippen LogP contribution in [0.25, 0.3) is 10.1 Å². The number of carbonyl (C=O) groups is 2. The van der Waals surface area contributed by atoms with Gasteiger partial charge >= 0.3 is 5.97 Å². The van der Waals surface area contributed by atoms with Gasteiger partial charge in [0.2, 0.25) is 0 Å². The lowest BCUT2D eigenvalue weighted by atomic mass is 9.90. The molecule has 1 saturated carbocycles. The number of ketones is 1. The lowest BCUT2D eigenvalue weighted by molar-refractivity contribution is -0.137. The molecule has 1 aromatic carbocycles. The minimum absolute atomic E-state index is 0.0918. The van der Waals surface area contributed by atoms with Gasteiger partial charge in [-0.25, -0.2) is 4.39 Å². The number of aliphatic hydroxyl groups is 1. The summed E-state index contributed by atoms with van der Waals surface area (Å²) in [6, 6.07) is 9.80. The topological polar surface area (TPSA) is 74.6 Å². The van der Waals surface area contributed by atoms with Crippen molar-refractivity contribution in [2.24, 2.45) is 11.8 Å². The molecular weight excluding hydrogens is 391 g/mol.